The molecule has 1 aliphatic heterocycles. The molecule has 2 aromatic heterocycles. The van der Waals surface area contributed by atoms with E-state index < -0.39 is 5.60 Å². The number of hydrogen-bond acceptors (Lipinski definition) is 5. The molecular formula is C17H21N3O2S. The van der Waals surface area contributed by atoms with Crippen molar-refractivity contribution >= 4 is 23.1 Å². The molecule has 0 saturated carbocycles. The number of aliphatic hydroxyl groups is 1. The summed E-state index contributed by atoms with van der Waals surface area (Å²) in [7, 11) is 1.75. The molecule has 122 valence electrons. The van der Waals surface area contributed by atoms with E-state index >= 15 is 0 Å². The molecule has 1 fully saturated rings. The van der Waals surface area contributed by atoms with E-state index in [2.05, 4.69) is 9.88 Å². The van der Waals surface area contributed by atoms with Crippen molar-refractivity contribution in [2.45, 2.75) is 18.9 Å². The van der Waals surface area contributed by atoms with Crippen LogP contribution < -0.4 is 4.90 Å². The molecule has 2 aromatic rings. The largest absolute Gasteiger partial charge is 0.386 e. The monoisotopic (exact) mass is 331 g/mol. The van der Waals surface area contributed by atoms with Gasteiger partial charge in [0.1, 0.15) is 11.4 Å². The molecule has 1 saturated heterocycles. The highest BCUT2D eigenvalue weighted by Crippen LogP contribution is 2.26. The van der Waals surface area contributed by atoms with Crippen LogP contribution in [-0.2, 0) is 0 Å². The van der Waals surface area contributed by atoms with E-state index in [1.807, 2.05) is 36.6 Å². The van der Waals surface area contributed by atoms with Crippen molar-refractivity contribution in [3.8, 4) is 0 Å². The van der Waals surface area contributed by atoms with Crippen LogP contribution in [0.1, 0.15) is 21.7 Å². The zero-order valence-corrected chi connectivity index (χ0v) is 14.2. The topological polar surface area (TPSA) is 56.7 Å². The molecule has 5 nitrogen and oxygen atoms in total. The normalized spacial score (nSPS) is 20.7. The molecule has 1 atom stereocenters. The minimum Gasteiger partial charge on any atom is -0.386 e. The summed E-state index contributed by atoms with van der Waals surface area (Å²) in [5, 5.41) is 12.8. The molecule has 0 radical (unpaired) electrons. The van der Waals surface area contributed by atoms with Crippen molar-refractivity contribution in [2.75, 3.05) is 31.6 Å². The molecule has 1 amide bonds. The molecule has 1 N–H and O–H groups in total. The lowest BCUT2D eigenvalue weighted by molar-refractivity contribution is 0.0266. The highest BCUT2D eigenvalue weighted by molar-refractivity contribution is 7.12. The number of carbonyl (C=O) groups excluding carboxylic acids is 1. The third kappa shape index (κ3) is 3.54. The Kier molecular flexibility index (Phi) is 4.37. The third-order valence-electron chi connectivity index (χ3n) is 4.13. The van der Waals surface area contributed by atoms with E-state index in [9.17, 15) is 9.90 Å². The minimum absolute atomic E-state index is 0.0344. The minimum atomic E-state index is -0.895. The van der Waals surface area contributed by atoms with Gasteiger partial charge in [-0.25, -0.2) is 4.98 Å². The van der Waals surface area contributed by atoms with Crippen molar-refractivity contribution in [2.24, 2.45) is 0 Å². The van der Waals surface area contributed by atoms with Crippen molar-refractivity contribution in [1.82, 2.24) is 9.88 Å². The van der Waals surface area contributed by atoms with Crippen LogP contribution in [0.5, 0.6) is 0 Å². The number of hydrogen-bond donors (Lipinski definition) is 1. The molecule has 0 spiro atoms. The average Bonchev–Trinajstić information content (AvgIpc) is 3.14. The summed E-state index contributed by atoms with van der Waals surface area (Å²) < 4.78 is 0. The lowest BCUT2D eigenvalue weighted by Gasteiger charge is -2.29. The number of aryl methyl sites for hydroxylation is 1. The van der Waals surface area contributed by atoms with Gasteiger partial charge in [0.15, 0.2) is 0 Å². The second-order valence-electron chi connectivity index (χ2n) is 6.23. The van der Waals surface area contributed by atoms with Gasteiger partial charge in [-0.15, -0.1) is 11.3 Å². The number of likely N-dealkylation sites (N-methyl/N-ethyl adjacent to an activating group) is 1. The molecule has 0 aliphatic carbocycles. The number of rotatable bonds is 4. The lowest BCUT2D eigenvalue weighted by atomic mass is 10.0. The highest BCUT2D eigenvalue weighted by Gasteiger charge is 2.38. The van der Waals surface area contributed by atoms with E-state index in [0.29, 0.717) is 24.4 Å². The summed E-state index contributed by atoms with van der Waals surface area (Å²) in [5.74, 6) is 0.832. The third-order valence-corrected chi connectivity index (χ3v) is 5.16. The average molecular weight is 331 g/mol. The van der Waals surface area contributed by atoms with Crippen molar-refractivity contribution in [3.05, 3.63) is 46.3 Å². The van der Waals surface area contributed by atoms with Gasteiger partial charge in [0.2, 0.25) is 0 Å². The van der Waals surface area contributed by atoms with Crippen LogP contribution in [0.25, 0.3) is 0 Å². The molecule has 6 heteroatoms. The van der Waals surface area contributed by atoms with E-state index in [1.165, 1.54) is 11.3 Å². The quantitative estimate of drug-likeness (QED) is 0.933. The number of anilines is 1. The Morgan fingerprint density at radius 1 is 1.52 bits per heavy atom. The summed E-state index contributed by atoms with van der Waals surface area (Å²) in [4.78, 5) is 21.2. The van der Waals surface area contributed by atoms with E-state index in [4.69, 9.17) is 0 Å². The number of aromatic nitrogens is 1. The first-order chi connectivity index (χ1) is 11.0. The SMILES string of the molecule is Cc1csc(C(=O)N(C)C[C@@]2(O)CCN(c3ccccn3)C2)c1. The van der Waals surface area contributed by atoms with Crippen LogP contribution in [-0.4, -0.2) is 53.2 Å². The Morgan fingerprint density at radius 2 is 2.35 bits per heavy atom. The van der Waals surface area contributed by atoms with Gasteiger partial charge in [0, 0.05) is 26.3 Å². The molecule has 0 bridgehead atoms. The molecule has 23 heavy (non-hydrogen) atoms. The maximum absolute atomic E-state index is 12.4. The van der Waals surface area contributed by atoms with Crippen molar-refractivity contribution in [3.63, 3.8) is 0 Å². The van der Waals surface area contributed by atoms with Crippen molar-refractivity contribution < 1.29 is 9.90 Å². The molecule has 0 unspecified atom stereocenters. The van der Waals surface area contributed by atoms with Crippen molar-refractivity contribution in [1.29, 1.82) is 0 Å². The first kappa shape index (κ1) is 16.0. The molecule has 1 aliphatic rings. The maximum Gasteiger partial charge on any atom is 0.263 e. The van der Waals surface area contributed by atoms with Crippen LogP contribution in [0.4, 0.5) is 5.82 Å². The van der Waals surface area contributed by atoms with Gasteiger partial charge in [0.25, 0.3) is 5.91 Å². The predicted molar refractivity (Wildman–Crippen MR) is 92.0 cm³/mol. The van der Waals surface area contributed by atoms with Crippen LogP contribution in [0.3, 0.4) is 0 Å². The van der Waals surface area contributed by atoms with Gasteiger partial charge in [-0.2, -0.15) is 0 Å². The zero-order chi connectivity index (χ0) is 16.4. The van der Waals surface area contributed by atoms with Gasteiger partial charge in [-0.1, -0.05) is 6.07 Å². The summed E-state index contributed by atoms with van der Waals surface area (Å²) in [6.45, 7) is 3.54. The standard InChI is InChI=1S/C17H21N3O2S/c1-13-9-14(23-10-13)16(21)19(2)11-17(22)6-8-20(12-17)15-5-3-4-7-18-15/h3-5,7,9-10,22H,6,8,11-12H2,1-2H3/t17-/m0/s1. The van der Waals surface area contributed by atoms with E-state index in [-0.39, 0.29) is 5.91 Å². The summed E-state index contributed by atoms with van der Waals surface area (Å²) in [6.07, 6.45) is 2.38. The summed E-state index contributed by atoms with van der Waals surface area (Å²) in [6, 6.07) is 7.65. The van der Waals surface area contributed by atoms with Gasteiger partial charge < -0.3 is 14.9 Å². The Morgan fingerprint density at radius 3 is 3.00 bits per heavy atom. The number of amides is 1. The fourth-order valence-corrected chi connectivity index (χ4v) is 3.86. The first-order valence-electron chi connectivity index (χ1n) is 7.66. The van der Waals surface area contributed by atoms with E-state index in [1.54, 1.807) is 18.1 Å². The smallest absolute Gasteiger partial charge is 0.263 e. The summed E-state index contributed by atoms with van der Waals surface area (Å²) in [5.41, 5.74) is 0.196. The number of carbonyl (C=O) groups is 1. The Hall–Kier alpha value is -1.92. The number of nitrogens with zero attached hydrogens (tertiary/aromatic N) is 3. The predicted octanol–water partition coefficient (Wildman–Crippen LogP) is 2.16. The molecule has 3 rings (SSSR count). The van der Waals surface area contributed by atoms with Gasteiger partial charge >= 0.3 is 0 Å². The molecule has 3 heterocycles. The van der Waals surface area contributed by atoms with Crippen LogP contribution in [0, 0.1) is 6.92 Å². The number of thiophene rings is 1. The number of pyridine rings is 1. The van der Waals surface area contributed by atoms with Gasteiger partial charge in [-0.3, -0.25) is 4.79 Å². The Balaban J connectivity index is 1.64. The van der Waals surface area contributed by atoms with Crippen LogP contribution in [0.2, 0.25) is 0 Å². The maximum atomic E-state index is 12.4. The first-order valence-corrected chi connectivity index (χ1v) is 8.54. The second-order valence-corrected chi connectivity index (χ2v) is 7.14. The molecule has 0 aromatic carbocycles. The molecular weight excluding hydrogens is 310 g/mol. The van der Waals surface area contributed by atoms with Gasteiger partial charge in [-0.05, 0) is 42.5 Å². The Labute approximate surface area is 140 Å². The fraction of sp³-hybridized carbons (Fsp3) is 0.412. The number of β-amino-alcohol motifs (C(OH)–C–C–N with tert-alkyl or cyclic N) is 1. The second kappa shape index (κ2) is 6.29. The Bertz CT molecular complexity index is 688. The highest BCUT2D eigenvalue weighted by atomic mass is 32.1. The lowest BCUT2D eigenvalue weighted by Crippen LogP contribution is -2.45. The van der Waals surface area contributed by atoms with Crippen LogP contribution in [0.15, 0.2) is 35.8 Å². The van der Waals surface area contributed by atoms with Crippen LogP contribution >= 0.6 is 11.3 Å². The van der Waals surface area contributed by atoms with E-state index in [0.717, 1.165) is 17.9 Å². The summed E-state index contributed by atoms with van der Waals surface area (Å²) >= 11 is 1.45. The fourth-order valence-electron chi connectivity index (χ4n) is 2.97. The van der Waals surface area contributed by atoms with Gasteiger partial charge in [0.05, 0.1) is 11.4 Å². The zero-order valence-electron chi connectivity index (χ0n) is 13.4.